The first kappa shape index (κ1) is 16.9. The normalized spacial score (nSPS) is 11.3. The number of nitrogens with zero attached hydrogens (tertiary/aromatic N) is 2. The largest absolute Gasteiger partial charge is 0.375 e. The molecule has 0 spiro atoms. The Balaban J connectivity index is 1.77. The van der Waals surface area contributed by atoms with Gasteiger partial charge in [0.1, 0.15) is 0 Å². The number of hydrogen-bond donors (Lipinski definition) is 2. The Hall–Kier alpha value is -2.49. The molecule has 0 fully saturated rings. The number of nitrogens with one attached hydrogen (secondary N) is 1. The molecule has 2 rings (SSSR count). The molecule has 4 heteroatoms. The van der Waals surface area contributed by atoms with E-state index >= 15 is 0 Å². The Labute approximate surface area is 139 Å². The fraction of sp³-hybridized carbons (Fsp3) is 0.316. The van der Waals surface area contributed by atoms with Crippen LogP contribution in [0, 0.1) is 13.8 Å². The van der Waals surface area contributed by atoms with Gasteiger partial charge in [-0.2, -0.15) is 0 Å². The second-order valence-corrected chi connectivity index (χ2v) is 5.80. The number of hydrogen-bond acceptors (Lipinski definition) is 2. The third-order valence-corrected chi connectivity index (χ3v) is 3.91. The highest BCUT2D eigenvalue weighted by molar-refractivity contribution is 5.92. The first-order valence-corrected chi connectivity index (χ1v) is 7.96. The molecule has 0 aliphatic carbocycles. The Morgan fingerprint density at radius 1 is 1.09 bits per heavy atom. The molecule has 0 unspecified atom stereocenters. The van der Waals surface area contributed by atoms with Crippen LogP contribution in [0.3, 0.4) is 0 Å². The second kappa shape index (κ2) is 8.22. The van der Waals surface area contributed by atoms with Gasteiger partial charge in [-0.25, -0.2) is 0 Å². The smallest absolute Gasteiger partial charge is 0.193 e. The number of aliphatic imine (C=N–C) groups is 1. The summed E-state index contributed by atoms with van der Waals surface area (Å²) in [6.45, 7) is 5.85. The summed E-state index contributed by atoms with van der Waals surface area (Å²) in [4.78, 5) is 6.62. The van der Waals surface area contributed by atoms with E-state index in [0.717, 1.165) is 18.7 Å². The van der Waals surface area contributed by atoms with Gasteiger partial charge in [-0.15, -0.1) is 0 Å². The van der Waals surface area contributed by atoms with Crippen LogP contribution in [-0.2, 0) is 0 Å². The highest BCUT2D eigenvalue weighted by atomic mass is 15.1. The molecule has 0 radical (unpaired) electrons. The molecule has 0 amide bonds. The molecular weight excluding hydrogens is 284 g/mol. The maximum absolute atomic E-state index is 5.95. The number of rotatable bonds is 6. The van der Waals surface area contributed by atoms with Gasteiger partial charge in [0.25, 0.3) is 0 Å². The van der Waals surface area contributed by atoms with Crippen LogP contribution in [0.4, 0.5) is 11.4 Å². The van der Waals surface area contributed by atoms with Crippen molar-refractivity contribution in [2.45, 2.75) is 20.3 Å². The Morgan fingerprint density at radius 2 is 1.83 bits per heavy atom. The van der Waals surface area contributed by atoms with Gasteiger partial charge in [0.05, 0.1) is 0 Å². The zero-order valence-corrected chi connectivity index (χ0v) is 14.2. The Morgan fingerprint density at radius 3 is 2.52 bits per heavy atom. The lowest BCUT2D eigenvalue weighted by Crippen LogP contribution is -2.24. The molecule has 2 aromatic carbocycles. The van der Waals surface area contributed by atoms with Crippen LogP contribution >= 0.6 is 0 Å². The molecule has 3 N–H and O–H groups in total. The van der Waals surface area contributed by atoms with E-state index in [1.807, 2.05) is 12.1 Å². The van der Waals surface area contributed by atoms with E-state index in [1.165, 1.54) is 16.8 Å². The van der Waals surface area contributed by atoms with Gasteiger partial charge >= 0.3 is 0 Å². The lowest BCUT2D eigenvalue weighted by Gasteiger charge is -2.18. The van der Waals surface area contributed by atoms with E-state index in [1.54, 1.807) is 0 Å². The van der Waals surface area contributed by atoms with Crippen molar-refractivity contribution in [3.05, 3.63) is 59.7 Å². The zero-order valence-electron chi connectivity index (χ0n) is 14.2. The molecule has 0 atom stereocenters. The quantitative estimate of drug-likeness (QED) is 0.487. The molecule has 122 valence electrons. The van der Waals surface area contributed by atoms with Gasteiger partial charge in [-0.05, 0) is 55.7 Å². The summed E-state index contributed by atoms with van der Waals surface area (Å²) in [5.41, 5.74) is 10.7. The van der Waals surface area contributed by atoms with Gasteiger partial charge in [0.2, 0.25) is 0 Å². The molecule has 0 saturated carbocycles. The highest BCUT2D eigenvalue weighted by Crippen LogP contribution is 2.14. The maximum Gasteiger partial charge on any atom is 0.193 e. The molecule has 2 aromatic rings. The van der Waals surface area contributed by atoms with Crippen LogP contribution in [-0.4, -0.2) is 26.1 Å². The third-order valence-electron chi connectivity index (χ3n) is 3.91. The van der Waals surface area contributed by atoms with Gasteiger partial charge < -0.3 is 16.0 Å². The van der Waals surface area contributed by atoms with E-state index in [-0.39, 0.29) is 0 Å². The van der Waals surface area contributed by atoms with Gasteiger partial charge in [-0.3, -0.25) is 4.99 Å². The van der Waals surface area contributed by atoms with Crippen LogP contribution in [0.15, 0.2) is 53.5 Å². The Bertz CT molecular complexity index is 650. The number of aryl methyl sites for hydroxylation is 2. The van der Waals surface area contributed by atoms with E-state index in [2.05, 4.69) is 72.5 Å². The lowest BCUT2D eigenvalue weighted by atomic mass is 10.1. The molecular formula is C19H26N4. The summed E-state index contributed by atoms with van der Waals surface area (Å²) in [6.07, 6.45) is 0.959. The van der Waals surface area contributed by atoms with Crippen LogP contribution in [0.2, 0.25) is 0 Å². The van der Waals surface area contributed by atoms with Crippen molar-refractivity contribution in [2.75, 3.05) is 30.4 Å². The standard InChI is InChI=1S/C19H26N4/c1-15-10-11-17(14-16(15)2)22-19(20)21-12-7-13-23(3)18-8-5-4-6-9-18/h4-6,8-11,14H,7,12-13H2,1-3H3,(H3,20,21,22). The first-order chi connectivity index (χ1) is 11.1. The maximum atomic E-state index is 5.95. The summed E-state index contributed by atoms with van der Waals surface area (Å²) < 4.78 is 0. The number of guanidine groups is 1. The SMILES string of the molecule is Cc1ccc(NC(N)=NCCCN(C)c2ccccc2)cc1C. The van der Waals surface area contributed by atoms with Crippen molar-refractivity contribution in [2.24, 2.45) is 10.7 Å². The molecule has 0 saturated heterocycles. The van der Waals surface area contributed by atoms with Crippen molar-refractivity contribution in [1.29, 1.82) is 0 Å². The monoisotopic (exact) mass is 310 g/mol. The van der Waals surface area contributed by atoms with Crippen LogP contribution in [0.25, 0.3) is 0 Å². The molecule has 0 heterocycles. The topological polar surface area (TPSA) is 53.6 Å². The van der Waals surface area contributed by atoms with E-state index in [4.69, 9.17) is 5.73 Å². The van der Waals surface area contributed by atoms with Crippen LogP contribution in [0.1, 0.15) is 17.5 Å². The molecule has 23 heavy (non-hydrogen) atoms. The summed E-state index contributed by atoms with van der Waals surface area (Å²) in [7, 11) is 2.09. The summed E-state index contributed by atoms with van der Waals surface area (Å²) in [6, 6.07) is 16.5. The van der Waals surface area contributed by atoms with Crippen LogP contribution in [0.5, 0.6) is 0 Å². The highest BCUT2D eigenvalue weighted by Gasteiger charge is 2.00. The van der Waals surface area contributed by atoms with E-state index in [0.29, 0.717) is 12.5 Å². The average molecular weight is 310 g/mol. The predicted molar refractivity (Wildman–Crippen MR) is 100 cm³/mol. The van der Waals surface area contributed by atoms with E-state index in [9.17, 15) is 0 Å². The predicted octanol–water partition coefficient (Wildman–Crippen LogP) is 3.56. The van der Waals surface area contributed by atoms with Crippen molar-refractivity contribution in [1.82, 2.24) is 0 Å². The minimum absolute atomic E-state index is 0.468. The Kier molecular flexibility index (Phi) is 6.03. The van der Waals surface area contributed by atoms with Crippen molar-refractivity contribution >= 4 is 17.3 Å². The fourth-order valence-electron chi connectivity index (χ4n) is 2.33. The third kappa shape index (κ3) is 5.33. The molecule has 0 bridgehead atoms. The first-order valence-electron chi connectivity index (χ1n) is 7.96. The summed E-state index contributed by atoms with van der Waals surface area (Å²) in [5, 5.41) is 3.14. The van der Waals surface area contributed by atoms with Crippen LogP contribution < -0.4 is 16.0 Å². The average Bonchev–Trinajstić information content (AvgIpc) is 2.55. The summed E-state index contributed by atoms with van der Waals surface area (Å²) in [5.74, 6) is 0.468. The lowest BCUT2D eigenvalue weighted by molar-refractivity contribution is 0.795. The summed E-state index contributed by atoms with van der Waals surface area (Å²) >= 11 is 0. The van der Waals surface area contributed by atoms with Gasteiger partial charge in [0.15, 0.2) is 5.96 Å². The van der Waals surface area contributed by atoms with Crippen molar-refractivity contribution in [3.8, 4) is 0 Å². The number of benzene rings is 2. The van der Waals surface area contributed by atoms with E-state index < -0.39 is 0 Å². The number of nitrogens with two attached hydrogens (primary N) is 1. The number of anilines is 2. The molecule has 0 aromatic heterocycles. The minimum atomic E-state index is 0.468. The van der Waals surface area contributed by atoms with Crippen molar-refractivity contribution in [3.63, 3.8) is 0 Å². The molecule has 0 aliphatic heterocycles. The number of para-hydroxylation sites is 1. The second-order valence-electron chi connectivity index (χ2n) is 5.80. The zero-order chi connectivity index (χ0) is 16.7. The molecule has 0 aliphatic rings. The van der Waals surface area contributed by atoms with Crippen molar-refractivity contribution < 1.29 is 0 Å². The van der Waals surface area contributed by atoms with Gasteiger partial charge in [-0.1, -0.05) is 24.3 Å². The minimum Gasteiger partial charge on any atom is -0.375 e. The molecule has 4 nitrogen and oxygen atoms in total. The van der Waals surface area contributed by atoms with Gasteiger partial charge in [0, 0.05) is 31.5 Å². The fourth-order valence-corrected chi connectivity index (χ4v) is 2.33.